The molecule has 1 fully saturated rings. The molecule has 0 aliphatic heterocycles. The van der Waals surface area contributed by atoms with Gasteiger partial charge in [0.15, 0.2) is 5.60 Å². The number of halogens is 3. The maximum atomic E-state index is 13.8. The minimum absolute atomic E-state index is 0.0199. The van der Waals surface area contributed by atoms with Crippen LogP contribution in [-0.2, 0) is 5.60 Å². The topological polar surface area (TPSA) is 55.5 Å². The van der Waals surface area contributed by atoms with Crippen LogP contribution < -0.4 is 10.5 Å². The normalized spacial score (nSPS) is 19.7. The maximum absolute atomic E-state index is 13.8. The van der Waals surface area contributed by atoms with Crippen molar-refractivity contribution < 1.29 is 23.0 Å². The average Bonchev–Trinajstić information content (AvgIpc) is 2.48. The highest BCUT2D eigenvalue weighted by molar-refractivity contribution is 5.56. The van der Waals surface area contributed by atoms with Gasteiger partial charge in [0.05, 0.1) is 7.11 Å². The molecular formula is C16H22F3NO2. The highest BCUT2D eigenvalue weighted by Gasteiger charge is 2.60. The van der Waals surface area contributed by atoms with E-state index in [1.807, 2.05) is 0 Å². The second-order valence-corrected chi connectivity index (χ2v) is 6.01. The lowest BCUT2D eigenvalue weighted by Crippen LogP contribution is -2.49. The summed E-state index contributed by atoms with van der Waals surface area (Å²) in [5.74, 6) is -0.883. The van der Waals surface area contributed by atoms with E-state index in [0.29, 0.717) is 36.9 Å². The molecule has 0 aromatic heterocycles. The molecular weight excluding hydrogens is 295 g/mol. The first-order valence-electron chi connectivity index (χ1n) is 7.45. The highest BCUT2D eigenvalue weighted by Crippen LogP contribution is 2.52. The molecule has 1 aromatic carbocycles. The standard InChI is InChI=1S/C16H22F3NO2/c1-10-8-12(14(22-2)9-13(10)20)15(21,16(17,18)19)11-6-4-3-5-7-11/h8-9,11,21H,3-7,20H2,1-2H3. The summed E-state index contributed by atoms with van der Waals surface area (Å²) in [7, 11) is 1.28. The summed E-state index contributed by atoms with van der Waals surface area (Å²) < 4.78 is 46.4. The zero-order valence-corrected chi connectivity index (χ0v) is 12.8. The van der Waals surface area contributed by atoms with Crippen molar-refractivity contribution in [3.8, 4) is 5.75 Å². The Hall–Kier alpha value is -1.43. The molecule has 1 aliphatic rings. The molecule has 1 unspecified atom stereocenters. The number of nitrogen functional groups attached to an aromatic ring is 1. The van der Waals surface area contributed by atoms with Gasteiger partial charge in [-0.3, -0.25) is 0 Å². The van der Waals surface area contributed by atoms with Gasteiger partial charge in [-0.15, -0.1) is 0 Å². The van der Waals surface area contributed by atoms with Gasteiger partial charge < -0.3 is 15.6 Å². The minimum Gasteiger partial charge on any atom is -0.496 e. The number of alkyl halides is 3. The number of benzene rings is 1. The molecule has 0 amide bonds. The van der Waals surface area contributed by atoms with Gasteiger partial charge >= 0.3 is 6.18 Å². The number of anilines is 1. The first kappa shape index (κ1) is 16.9. The average molecular weight is 317 g/mol. The van der Waals surface area contributed by atoms with Crippen molar-refractivity contribution in [3.63, 3.8) is 0 Å². The van der Waals surface area contributed by atoms with Crippen molar-refractivity contribution in [2.24, 2.45) is 5.92 Å². The first-order chi connectivity index (χ1) is 10.2. The molecule has 0 heterocycles. The van der Waals surface area contributed by atoms with Gasteiger partial charge in [0.2, 0.25) is 0 Å². The van der Waals surface area contributed by atoms with Gasteiger partial charge in [0.25, 0.3) is 0 Å². The Bertz CT molecular complexity index is 539. The SMILES string of the molecule is COc1cc(N)c(C)cc1C(O)(C1CCCCC1)C(F)(F)F. The zero-order chi connectivity index (χ0) is 16.5. The van der Waals surface area contributed by atoms with Crippen LogP contribution in [0.1, 0.15) is 43.2 Å². The smallest absolute Gasteiger partial charge is 0.421 e. The van der Waals surface area contributed by atoms with Crippen molar-refractivity contribution in [1.82, 2.24) is 0 Å². The Labute approximate surface area is 128 Å². The summed E-state index contributed by atoms with van der Waals surface area (Å²) in [5.41, 5.74) is 3.45. The van der Waals surface area contributed by atoms with Crippen LogP contribution in [0.5, 0.6) is 5.75 Å². The van der Waals surface area contributed by atoms with Gasteiger partial charge in [0.1, 0.15) is 5.75 Å². The van der Waals surface area contributed by atoms with Gasteiger partial charge in [-0.05, 0) is 31.4 Å². The highest BCUT2D eigenvalue weighted by atomic mass is 19.4. The van der Waals surface area contributed by atoms with Crippen molar-refractivity contribution in [1.29, 1.82) is 0 Å². The number of aliphatic hydroxyl groups is 1. The number of ether oxygens (including phenoxy) is 1. The molecule has 3 N–H and O–H groups in total. The third-order valence-corrected chi connectivity index (χ3v) is 4.63. The fraction of sp³-hybridized carbons (Fsp3) is 0.625. The van der Waals surface area contributed by atoms with E-state index in [-0.39, 0.29) is 11.3 Å². The van der Waals surface area contributed by atoms with E-state index in [2.05, 4.69) is 0 Å². The number of methoxy groups -OCH3 is 1. The van der Waals surface area contributed by atoms with Gasteiger partial charge in [-0.2, -0.15) is 13.2 Å². The number of nitrogens with two attached hydrogens (primary N) is 1. The lowest BCUT2D eigenvalue weighted by molar-refractivity contribution is -0.290. The maximum Gasteiger partial charge on any atom is 0.421 e. The predicted molar refractivity (Wildman–Crippen MR) is 78.7 cm³/mol. The predicted octanol–water partition coefficient (Wildman–Crippen LogP) is 3.92. The summed E-state index contributed by atoms with van der Waals surface area (Å²) in [5, 5.41) is 10.7. The van der Waals surface area contributed by atoms with Crippen LogP contribution in [-0.4, -0.2) is 18.4 Å². The summed E-state index contributed by atoms with van der Waals surface area (Å²) in [4.78, 5) is 0. The van der Waals surface area contributed by atoms with Crippen molar-refractivity contribution >= 4 is 5.69 Å². The summed E-state index contributed by atoms with van der Waals surface area (Å²) >= 11 is 0. The monoisotopic (exact) mass is 317 g/mol. The second-order valence-electron chi connectivity index (χ2n) is 6.01. The Kier molecular flexibility index (Phi) is 4.61. The van der Waals surface area contributed by atoms with Crippen molar-refractivity contribution in [2.75, 3.05) is 12.8 Å². The van der Waals surface area contributed by atoms with Crippen LogP contribution in [0, 0.1) is 12.8 Å². The van der Waals surface area contributed by atoms with Gasteiger partial charge in [0, 0.05) is 23.2 Å². The molecule has 0 spiro atoms. The number of hydrogen-bond donors (Lipinski definition) is 2. The number of aryl methyl sites for hydroxylation is 1. The van der Waals surface area contributed by atoms with E-state index in [1.54, 1.807) is 6.92 Å². The van der Waals surface area contributed by atoms with Crippen LogP contribution in [0.4, 0.5) is 18.9 Å². The zero-order valence-electron chi connectivity index (χ0n) is 12.8. The Morgan fingerprint density at radius 3 is 2.27 bits per heavy atom. The van der Waals surface area contributed by atoms with E-state index in [1.165, 1.54) is 19.2 Å². The summed E-state index contributed by atoms with van der Waals surface area (Å²) in [6, 6.07) is 2.65. The van der Waals surface area contributed by atoms with Crippen LogP contribution in [0.25, 0.3) is 0 Å². The molecule has 0 saturated heterocycles. The molecule has 1 saturated carbocycles. The fourth-order valence-electron chi connectivity index (χ4n) is 3.29. The minimum atomic E-state index is -4.77. The molecule has 1 atom stereocenters. The Morgan fingerprint density at radius 1 is 1.18 bits per heavy atom. The van der Waals surface area contributed by atoms with Gasteiger partial charge in [-0.25, -0.2) is 0 Å². The van der Waals surface area contributed by atoms with Crippen molar-refractivity contribution in [2.45, 2.75) is 50.8 Å². The van der Waals surface area contributed by atoms with Crippen LogP contribution in [0.15, 0.2) is 12.1 Å². The van der Waals surface area contributed by atoms with E-state index >= 15 is 0 Å². The van der Waals surface area contributed by atoms with Crippen LogP contribution in [0.3, 0.4) is 0 Å². The fourth-order valence-corrected chi connectivity index (χ4v) is 3.29. The number of hydrogen-bond acceptors (Lipinski definition) is 3. The first-order valence-corrected chi connectivity index (χ1v) is 7.45. The molecule has 3 nitrogen and oxygen atoms in total. The molecule has 2 rings (SSSR count). The second kappa shape index (κ2) is 5.99. The van der Waals surface area contributed by atoms with E-state index in [0.717, 1.165) is 6.42 Å². The van der Waals surface area contributed by atoms with Gasteiger partial charge in [-0.1, -0.05) is 19.3 Å². The molecule has 124 valence electrons. The van der Waals surface area contributed by atoms with E-state index in [9.17, 15) is 18.3 Å². The van der Waals surface area contributed by atoms with E-state index in [4.69, 9.17) is 10.5 Å². The Balaban J connectivity index is 2.61. The quantitative estimate of drug-likeness (QED) is 0.831. The molecule has 6 heteroatoms. The molecule has 22 heavy (non-hydrogen) atoms. The molecule has 1 aliphatic carbocycles. The molecule has 0 bridgehead atoms. The van der Waals surface area contributed by atoms with Crippen LogP contribution >= 0.6 is 0 Å². The number of rotatable bonds is 3. The molecule has 0 radical (unpaired) electrons. The van der Waals surface area contributed by atoms with Crippen molar-refractivity contribution in [3.05, 3.63) is 23.3 Å². The summed E-state index contributed by atoms with van der Waals surface area (Å²) in [6.07, 6.45) is -1.78. The molecule has 1 aromatic rings. The summed E-state index contributed by atoms with van der Waals surface area (Å²) in [6.45, 7) is 1.62. The van der Waals surface area contributed by atoms with Crippen LogP contribution in [0.2, 0.25) is 0 Å². The lowest BCUT2D eigenvalue weighted by atomic mass is 9.72. The third-order valence-electron chi connectivity index (χ3n) is 4.63. The van der Waals surface area contributed by atoms with E-state index < -0.39 is 17.7 Å². The largest absolute Gasteiger partial charge is 0.496 e. The lowest BCUT2D eigenvalue weighted by Gasteiger charge is -2.40. The Morgan fingerprint density at radius 2 is 1.77 bits per heavy atom. The third kappa shape index (κ3) is 2.76.